The molecule has 0 N–H and O–H groups in total. The van der Waals surface area contributed by atoms with Crippen molar-refractivity contribution in [3.05, 3.63) is 52.9 Å². The molecule has 0 spiro atoms. The summed E-state index contributed by atoms with van der Waals surface area (Å²) in [5, 5.41) is 4.72. The van der Waals surface area contributed by atoms with Crippen LogP contribution in [0.3, 0.4) is 0 Å². The summed E-state index contributed by atoms with van der Waals surface area (Å²) < 4.78 is 7.24. The second kappa shape index (κ2) is 5.73. The highest BCUT2D eigenvalue weighted by molar-refractivity contribution is 6.30. The van der Waals surface area contributed by atoms with E-state index >= 15 is 0 Å². The Balaban J connectivity index is 1.87. The molecule has 3 aromatic rings. The van der Waals surface area contributed by atoms with Crippen molar-refractivity contribution in [2.75, 3.05) is 0 Å². The molecule has 7 heteroatoms. The molecule has 0 saturated carbocycles. The first-order chi connectivity index (χ1) is 10.5. The van der Waals surface area contributed by atoms with Gasteiger partial charge in [-0.2, -0.15) is 0 Å². The minimum absolute atomic E-state index is 0.171. The molecule has 0 aliphatic rings. The van der Waals surface area contributed by atoms with Crippen molar-refractivity contribution < 1.29 is 9.21 Å². The van der Waals surface area contributed by atoms with Gasteiger partial charge in [-0.15, -0.1) is 5.10 Å². The summed E-state index contributed by atoms with van der Waals surface area (Å²) in [6.45, 7) is 3.65. The lowest BCUT2D eigenvalue weighted by Gasteiger charge is -1.96. The lowest BCUT2D eigenvalue weighted by Crippen LogP contribution is -2.04. The topological polar surface area (TPSA) is 73.8 Å². The van der Waals surface area contributed by atoms with E-state index in [1.165, 1.54) is 13.3 Å². The number of rotatable bonds is 4. The molecule has 0 amide bonds. The van der Waals surface area contributed by atoms with Gasteiger partial charge < -0.3 is 4.42 Å². The molecule has 0 aliphatic heterocycles. The molecule has 2 heterocycles. The van der Waals surface area contributed by atoms with Crippen LogP contribution in [0.5, 0.6) is 0 Å². The Hall–Kier alpha value is -2.47. The first-order valence-electron chi connectivity index (χ1n) is 6.65. The fourth-order valence-electron chi connectivity index (χ4n) is 2.01. The monoisotopic (exact) mass is 316 g/mol. The second-order valence-electron chi connectivity index (χ2n) is 4.85. The molecular weight excluding hydrogens is 304 g/mol. The van der Waals surface area contributed by atoms with Crippen LogP contribution >= 0.6 is 11.6 Å². The number of carbonyl (C=O) groups is 1. The van der Waals surface area contributed by atoms with Gasteiger partial charge in [-0.1, -0.05) is 17.7 Å². The molecule has 6 nitrogen and oxygen atoms in total. The van der Waals surface area contributed by atoms with Crippen LogP contribution in [0.2, 0.25) is 5.02 Å². The van der Waals surface area contributed by atoms with Crippen molar-refractivity contribution in [1.82, 2.24) is 19.7 Å². The van der Waals surface area contributed by atoms with Crippen LogP contribution in [0.4, 0.5) is 0 Å². The van der Waals surface area contributed by atoms with Gasteiger partial charge in [-0.25, -0.2) is 14.6 Å². The second-order valence-corrected chi connectivity index (χ2v) is 5.29. The van der Waals surface area contributed by atoms with E-state index in [4.69, 9.17) is 16.0 Å². The molecule has 0 atom stereocenters. The zero-order valence-electron chi connectivity index (χ0n) is 12.1. The molecular formula is C15H13ClN4O2. The van der Waals surface area contributed by atoms with Gasteiger partial charge in [0.2, 0.25) is 11.7 Å². The predicted octanol–water partition coefficient (Wildman–Crippen LogP) is 3.15. The van der Waals surface area contributed by atoms with Crippen LogP contribution in [0.25, 0.3) is 11.5 Å². The molecule has 0 aliphatic carbocycles. The Morgan fingerprint density at radius 2 is 2.23 bits per heavy atom. The van der Waals surface area contributed by atoms with Crippen LogP contribution in [-0.4, -0.2) is 25.5 Å². The molecule has 1 aromatic carbocycles. The zero-order chi connectivity index (χ0) is 15.7. The normalized spacial score (nSPS) is 10.9. The minimum Gasteiger partial charge on any atom is -0.441 e. The summed E-state index contributed by atoms with van der Waals surface area (Å²) in [7, 11) is 0. The summed E-state index contributed by atoms with van der Waals surface area (Å²) in [5.74, 6) is 1.21. The van der Waals surface area contributed by atoms with Crippen LogP contribution < -0.4 is 0 Å². The largest absolute Gasteiger partial charge is 0.441 e. The van der Waals surface area contributed by atoms with Crippen molar-refractivity contribution in [2.24, 2.45) is 0 Å². The Bertz CT molecular complexity index is 838. The molecule has 0 unspecified atom stereocenters. The van der Waals surface area contributed by atoms with E-state index in [2.05, 4.69) is 15.1 Å². The number of Topliss-reactive ketones (excluding diaryl/α,β-unsaturated/α-hetero) is 1. The summed E-state index contributed by atoms with van der Waals surface area (Å²) in [6, 6.07) is 7.30. The molecule has 0 radical (unpaired) electrons. The van der Waals surface area contributed by atoms with Crippen molar-refractivity contribution in [3.63, 3.8) is 0 Å². The van der Waals surface area contributed by atoms with Gasteiger partial charge in [0.15, 0.2) is 5.78 Å². The first-order valence-corrected chi connectivity index (χ1v) is 7.03. The standard InChI is InChI=1S/C15H13ClN4O2/c1-9(21)14-17-8-20(19-14)7-13-10(2)22-15(18-13)11-4-3-5-12(16)6-11/h3-6,8H,7H2,1-2H3. The van der Waals surface area contributed by atoms with E-state index in [0.29, 0.717) is 23.2 Å². The molecule has 112 valence electrons. The maximum Gasteiger partial charge on any atom is 0.226 e. The van der Waals surface area contributed by atoms with Crippen LogP contribution in [0, 0.1) is 6.92 Å². The third kappa shape index (κ3) is 2.92. The van der Waals surface area contributed by atoms with E-state index in [9.17, 15) is 4.79 Å². The zero-order valence-corrected chi connectivity index (χ0v) is 12.8. The molecule has 0 saturated heterocycles. The number of nitrogens with zero attached hydrogens (tertiary/aromatic N) is 4. The van der Waals surface area contributed by atoms with Gasteiger partial charge >= 0.3 is 0 Å². The van der Waals surface area contributed by atoms with Crippen LogP contribution in [-0.2, 0) is 6.54 Å². The molecule has 3 rings (SSSR count). The number of aryl methyl sites for hydroxylation is 1. The van der Waals surface area contributed by atoms with Gasteiger partial charge in [0.1, 0.15) is 17.8 Å². The van der Waals surface area contributed by atoms with Gasteiger partial charge in [0.05, 0.1) is 6.54 Å². The van der Waals surface area contributed by atoms with Crippen molar-refractivity contribution in [1.29, 1.82) is 0 Å². The Kier molecular flexibility index (Phi) is 3.77. The quantitative estimate of drug-likeness (QED) is 0.691. The first kappa shape index (κ1) is 14.5. The number of hydrogen-bond donors (Lipinski definition) is 0. The van der Waals surface area contributed by atoms with E-state index < -0.39 is 0 Å². The smallest absolute Gasteiger partial charge is 0.226 e. The molecule has 22 heavy (non-hydrogen) atoms. The third-order valence-electron chi connectivity index (χ3n) is 3.13. The average Bonchev–Trinajstić information content (AvgIpc) is 3.07. The van der Waals surface area contributed by atoms with Crippen molar-refractivity contribution in [3.8, 4) is 11.5 Å². The number of ketones is 1. The molecule has 2 aromatic heterocycles. The highest BCUT2D eigenvalue weighted by Crippen LogP contribution is 2.24. The molecule has 0 bridgehead atoms. The van der Waals surface area contributed by atoms with Gasteiger partial charge in [0, 0.05) is 17.5 Å². The lowest BCUT2D eigenvalue weighted by atomic mass is 10.2. The van der Waals surface area contributed by atoms with Gasteiger partial charge in [0.25, 0.3) is 0 Å². The van der Waals surface area contributed by atoms with E-state index in [1.807, 2.05) is 19.1 Å². The van der Waals surface area contributed by atoms with E-state index in [-0.39, 0.29) is 11.6 Å². The highest BCUT2D eigenvalue weighted by atomic mass is 35.5. The van der Waals surface area contributed by atoms with E-state index in [0.717, 1.165) is 11.3 Å². The summed E-state index contributed by atoms with van der Waals surface area (Å²) in [5.41, 5.74) is 1.54. The Morgan fingerprint density at radius 1 is 1.41 bits per heavy atom. The number of aromatic nitrogens is 4. The number of hydrogen-bond acceptors (Lipinski definition) is 5. The Morgan fingerprint density at radius 3 is 2.91 bits per heavy atom. The van der Waals surface area contributed by atoms with Crippen molar-refractivity contribution in [2.45, 2.75) is 20.4 Å². The number of carbonyl (C=O) groups excluding carboxylic acids is 1. The van der Waals surface area contributed by atoms with Gasteiger partial charge in [-0.05, 0) is 25.1 Å². The predicted molar refractivity (Wildman–Crippen MR) is 80.8 cm³/mol. The van der Waals surface area contributed by atoms with Crippen LogP contribution in [0.15, 0.2) is 35.0 Å². The summed E-state index contributed by atoms with van der Waals surface area (Å²) in [6.07, 6.45) is 1.50. The number of oxazole rings is 1. The maximum absolute atomic E-state index is 11.2. The molecule has 0 fully saturated rings. The van der Waals surface area contributed by atoms with Crippen molar-refractivity contribution >= 4 is 17.4 Å². The van der Waals surface area contributed by atoms with E-state index in [1.54, 1.807) is 16.8 Å². The number of halogens is 1. The third-order valence-corrected chi connectivity index (χ3v) is 3.36. The highest BCUT2D eigenvalue weighted by Gasteiger charge is 2.13. The lowest BCUT2D eigenvalue weighted by molar-refractivity contribution is 0.100. The Labute approximate surface area is 131 Å². The fourth-order valence-corrected chi connectivity index (χ4v) is 2.20. The minimum atomic E-state index is -0.171. The maximum atomic E-state index is 11.2. The fraction of sp³-hybridized carbons (Fsp3) is 0.200. The van der Waals surface area contributed by atoms with Crippen LogP contribution in [0.1, 0.15) is 29.0 Å². The van der Waals surface area contributed by atoms with Gasteiger partial charge in [-0.3, -0.25) is 4.79 Å². The SMILES string of the molecule is CC(=O)c1ncn(Cc2nc(-c3cccc(Cl)c3)oc2C)n1. The summed E-state index contributed by atoms with van der Waals surface area (Å²) >= 11 is 5.98. The average molecular weight is 317 g/mol. The number of benzene rings is 1. The summed E-state index contributed by atoms with van der Waals surface area (Å²) in [4.78, 5) is 19.6.